The topological polar surface area (TPSA) is 88.1 Å². The molecule has 0 aromatic heterocycles. The van der Waals surface area contributed by atoms with Gasteiger partial charge in [-0.25, -0.2) is 0 Å². The van der Waals surface area contributed by atoms with Gasteiger partial charge in [-0.05, 0) is 39.5 Å². The third kappa shape index (κ3) is 6.95. The van der Waals surface area contributed by atoms with Crippen molar-refractivity contribution in [1.29, 1.82) is 0 Å². The van der Waals surface area contributed by atoms with E-state index in [-0.39, 0.29) is 47.1 Å². The maximum atomic E-state index is 12.8. The van der Waals surface area contributed by atoms with Crippen LogP contribution in [0.1, 0.15) is 66.7 Å². The summed E-state index contributed by atoms with van der Waals surface area (Å²) in [6, 6.07) is 0. The highest BCUT2D eigenvalue weighted by Crippen LogP contribution is 2.37. The van der Waals surface area contributed by atoms with Crippen molar-refractivity contribution in [3.05, 3.63) is 34.8 Å². The second-order valence-electron chi connectivity index (χ2n) is 9.22. The fraction of sp³-hybridized carbons (Fsp3) is 0.654. The fourth-order valence-electron chi connectivity index (χ4n) is 4.54. The van der Waals surface area contributed by atoms with E-state index in [1.165, 1.54) is 32.3 Å². The first-order chi connectivity index (χ1) is 15.6. The largest absolute Gasteiger partial charge is 0.493 e. The Hall–Kier alpha value is -2.57. The molecule has 5 atom stereocenters. The van der Waals surface area contributed by atoms with E-state index in [0.717, 1.165) is 25.7 Å². The predicted octanol–water partition coefficient (Wildman–Crippen LogP) is 4.66. The first-order valence-corrected chi connectivity index (χ1v) is 11.6. The van der Waals surface area contributed by atoms with Gasteiger partial charge >= 0.3 is 11.9 Å². The van der Waals surface area contributed by atoms with Crippen LogP contribution in [0.4, 0.5) is 0 Å². The van der Waals surface area contributed by atoms with Crippen LogP contribution in [0.15, 0.2) is 34.8 Å². The van der Waals surface area contributed by atoms with Crippen LogP contribution in [0.5, 0.6) is 0 Å². The van der Waals surface area contributed by atoms with Crippen LogP contribution in [-0.4, -0.2) is 44.1 Å². The Morgan fingerprint density at radius 3 is 2.30 bits per heavy atom. The molecule has 1 fully saturated rings. The average Bonchev–Trinajstić information content (AvgIpc) is 3.06. The third-order valence-corrected chi connectivity index (χ3v) is 6.49. The van der Waals surface area contributed by atoms with Crippen molar-refractivity contribution in [3.8, 4) is 0 Å². The van der Waals surface area contributed by atoms with Crippen molar-refractivity contribution < 1.29 is 33.3 Å². The first kappa shape index (κ1) is 26.7. The van der Waals surface area contributed by atoms with E-state index in [2.05, 4.69) is 26.0 Å². The molecule has 0 N–H and O–H groups in total. The standard InChI is InChI=1S/C26H38O7/c1-15(9-8-10-16(2)13-20-14-17(3)26(29)33-20)11-12-21-18(4)22(28)24(30-6)25(31-7)23(21)32-19(5)27/h10-11,17-18,20-21,23H,8-9,12-14H2,1-7H3/t17?,18-,20?,21-,23-/m1/s1. The van der Waals surface area contributed by atoms with E-state index >= 15 is 0 Å². The number of cyclic esters (lactones) is 1. The summed E-state index contributed by atoms with van der Waals surface area (Å²) in [5, 5.41) is 0. The number of hydrogen-bond acceptors (Lipinski definition) is 7. The molecule has 1 aliphatic heterocycles. The van der Waals surface area contributed by atoms with Crippen molar-refractivity contribution in [2.45, 2.75) is 78.9 Å². The van der Waals surface area contributed by atoms with E-state index < -0.39 is 12.1 Å². The number of Topliss-reactive ketones (excluding diaryl/α,β-unsaturated/α-hetero) is 1. The van der Waals surface area contributed by atoms with Gasteiger partial charge in [0.15, 0.2) is 11.9 Å². The highest BCUT2D eigenvalue weighted by Gasteiger charge is 2.45. The number of rotatable bonds is 10. The maximum Gasteiger partial charge on any atom is 0.309 e. The molecule has 0 aromatic rings. The number of ether oxygens (including phenoxy) is 4. The zero-order chi connectivity index (χ0) is 24.7. The minimum absolute atomic E-state index is 0.00807. The molecule has 0 radical (unpaired) electrons. The van der Waals surface area contributed by atoms with Gasteiger partial charge in [0.2, 0.25) is 11.5 Å². The molecule has 1 aliphatic carbocycles. The highest BCUT2D eigenvalue weighted by atomic mass is 16.6. The number of ketones is 1. The molecule has 2 rings (SSSR count). The molecule has 0 amide bonds. The average molecular weight is 463 g/mol. The summed E-state index contributed by atoms with van der Waals surface area (Å²) >= 11 is 0. The Morgan fingerprint density at radius 2 is 1.76 bits per heavy atom. The molecule has 2 unspecified atom stereocenters. The van der Waals surface area contributed by atoms with Crippen molar-refractivity contribution in [2.75, 3.05) is 14.2 Å². The lowest BCUT2D eigenvalue weighted by atomic mass is 9.77. The molecule has 0 aromatic carbocycles. The second-order valence-corrected chi connectivity index (χ2v) is 9.22. The quantitative estimate of drug-likeness (QED) is 0.344. The van der Waals surface area contributed by atoms with Crippen molar-refractivity contribution in [3.63, 3.8) is 0 Å². The zero-order valence-corrected chi connectivity index (χ0v) is 20.9. The molecule has 1 saturated heterocycles. The molecule has 184 valence electrons. The summed E-state index contributed by atoms with van der Waals surface area (Å²) in [6.07, 6.45) is 7.53. The van der Waals surface area contributed by atoms with E-state index in [1.807, 2.05) is 13.8 Å². The lowest BCUT2D eigenvalue weighted by Gasteiger charge is -2.35. The van der Waals surface area contributed by atoms with Crippen LogP contribution in [0, 0.1) is 17.8 Å². The Kier molecular flexibility index (Phi) is 9.74. The second kappa shape index (κ2) is 12.1. The van der Waals surface area contributed by atoms with Gasteiger partial charge in [0.05, 0.1) is 20.1 Å². The van der Waals surface area contributed by atoms with E-state index in [1.54, 1.807) is 0 Å². The van der Waals surface area contributed by atoms with Gasteiger partial charge in [0, 0.05) is 25.2 Å². The monoisotopic (exact) mass is 462 g/mol. The molecule has 0 saturated carbocycles. The number of methoxy groups -OCH3 is 2. The van der Waals surface area contributed by atoms with Crippen LogP contribution < -0.4 is 0 Å². The molecule has 2 aliphatic rings. The smallest absolute Gasteiger partial charge is 0.309 e. The van der Waals surface area contributed by atoms with E-state index in [9.17, 15) is 14.4 Å². The van der Waals surface area contributed by atoms with Crippen molar-refractivity contribution in [2.24, 2.45) is 17.8 Å². The third-order valence-electron chi connectivity index (χ3n) is 6.49. The number of esters is 2. The number of carbonyl (C=O) groups is 3. The van der Waals surface area contributed by atoms with Gasteiger partial charge in [-0.1, -0.05) is 37.1 Å². The predicted molar refractivity (Wildman–Crippen MR) is 124 cm³/mol. The highest BCUT2D eigenvalue weighted by molar-refractivity contribution is 5.97. The zero-order valence-electron chi connectivity index (χ0n) is 20.9. The van der Waals surface area contributed by atoms with Gasteiger partial charge < -0.3 is 18.9 Å². The van der Waals surface area contributed by atoms with Gasteiger partial charge in [0.25, 0.3) is 0 Å². The fourth-order valence-corrected chi connectivity index (χ4v) is 4.54. The molecule has 0 bridgehead atoms. The summed E-state index contributed by atoms with van der Waals surface area (Å²) in [5.41, 5.74) is 2.42. The Labute approximate surface area is 197 Å². The molecular weight excluding hydrogens is 424 g/mol. The SMILES string of the molecule is COC1=C(OC)[C@H](OC(C)=O)[C@H](CC=C(C)CCC=C(C)CC2CC(C)C(=O)O2)[C@@H](C)C1=O. The van der Waals surface area contributed by atoms with E-state index in [4.69, 9.17) is 18.9 Å². The minimum Gasteiger partial charge on any atom is -0.493 e. The maximum absolute atomic E-state index is 12.8. The van der Waals surface area contributed by atoms with Crippen LogP contribution in [0.3, 0.4) is 0 Å². The van der Waals surface area contributed by atoms with Gasteiger partial charge in [0.1, 0.15) is 6.10 Å². The lowest BCUT2D eigenvalue weighted by molar-refractivity contribution is -0.153. The lowest BCUT2D eigenvalue weighted by Crippen LogP contribution is -2.42. The Morgan fingerprint density at radius 1 is 1.06 bits per heavy atom. The van der Waals surface area contributed by atoms with Gasteiger partial charge in [-0.2, -0.15) is 0 Å². The summed E-state index contributed by atoms with van der Waals surface area (Å²) in [5.74, 6) is -0.894. The van der Waals surface area contributed by atoms with Crippen molar-refractivity contribution in [1.82, 2.24) is 0 Å². The number of allylic oxidation sites excluding steroid dienone is 4. The summed E-state index contributed by atoms with van der Waals surface area (Å²) in [7, 11) is 2.87. The summed E-state index contributed by atoms with van der Waals surface area (Å²) in [4.78, 5) is 36.1. The molecule has 0 spiro atoms. The normalized spacial score (nSPS) is 28.6. The van der Waals surface area contributed by atoms with Crippen LogP contribution >= 0.6 is 0 Å². The molecule has 7 nitrogen and oxygen atoms in total. The van der Waals surface area contributed by atoms with Crippen LogP contribution in [0.2, 0.25) is 0 Å². The molecular formula is C26H38O7. The van der Waals surface area contributed by atoms with Gasteiger partial charge in [-0.15, -0.1) is 0 Å². The number of hydrogen-bond donors (Lipinski definition) is 0. The van der Waals surface area contributed by atoms with E-state index in [0.29, 0.717) is 6.42 Å². The molecule has 33 heavy (non-hydrogen) atoms. The summed E-state index contributed by atoms with van der Waals surface area (Å²) in [6.45, 7) is 9.22. The molecule has 1 heterocycles. The first-order valence-electron chi connectivity index (χ1n) is 11.6. The minimum atomic E-state index is -0.669. The summed E-state index contributed by atoms with van der Waals surface area (Å²) < 4.78 is 21.6. The van der Waals surface area contributed by atoms with Gasteiger partial charge in [-0.3, -0.25) is 14.4 Å². The van der Waals surface area contributed by atoms with Crippen LogP contribution in [-0.2, 0) is 33.3 Å². The van der Waals surface area contributed by atoms with Crippen LogP contribution in [0.25, 0.3) is 0 Å². The Bertz CT molecular complexity index is 836. The number of carbonyl (C=O) groups excluding carboxylic acids is 3. The Balaban J connectivity index is 2.00. The molecule has 7 heteroatoms. The van der Waals surface area contributed by atoms with Crippen molar-refractivity contribution >= 4 is 17.7 Å².